The van der Waals surface area contributed by atoms with Gasteiger partial charge in [-0.05, 0) is 36.3 Å². The standard InChI is InChI=1S/C10H10OS/c1-6-3-4-8-9(10(6)11)7(2)5-12-8/h5H,1,3-4H2,2H3. The fraction of sp³-hybridized carbons (Fsp3) is 0.300. The van der Waals surface area contributed by atoms with Crippen LogP contribution in [-0.4, -0.2) is 5.78 Å². The molecule has 1 aliphatic carbocycles. The van der Waals surface area contributed by atoms with Gasteiger partial charge in [-0.3, -0.25) is 4.79 Å². The summed E-state index contributed by atoms with van der Waals surface area (Å²) in [5.41, 5.74) is 2.81. The lowest BCUT2D eigenvalue weighted by molar-refractivity contribution is 0.102. The van der Waals surface area contributed by atoms with Gasteiger partial charge in [0.25, 0.3) is 0 Å². The number of hydrogen-bond donors (Lipinski definition) is 0. The molecule has 0 aliphatic heterocycles. The average Bonchev–Trinajstić information content (AvgIpc) is 2.41. The quantitative estimate of drug-likeness (QED) is 0.558. The van der Waals surface area contributed by atoms with Crippen molar-refractivity contribution in [3.8, 4) is 0 Å². The molecule has 1 heterocycles. The van der Waals surface area contributed by atoms with Crippen LogP contribution in [0.25, 0.3) is 0 Å². The van der Waals surface area contributed by atoms with Gasteiger partial charge in [-0.2, -0.15) is 0 Å². The van der Waals surface area contributed by atoms with Gasteiger partial charge in [0.15, 0.2) is 5.78 Å². The maximum Gasteiger partial charge on any atom is 0.189 e. The van der Waals surface area contributed by atoms with Gasteiger partial charge >= 0.3 is 0 Å². The van der Waals surface area contributed by atoms with Crippen LogP contribution in [0.15, 0.2) is 17.5 Å². The first-order valence-corrected chi connectivity index (χ1v) is 4.87. The molecular weight excluding hydrogens is 168 g/mol. The average molecular weight is 178 g/mol. The Labute approximate surface area is 75.7 Å². The summed E-state index contributed by atoms with van der Waals surface area (Å²) in [4.78, 5) is 12.8. The number of rotatable bonds is 0. The zero-order valence-electron chi connectivity index (χ0n) is 7.02. The van der Waals surface area contributed by atoms with Crippen LogP contribution in [-0.2, 0) is 6.42 Å². The second-order valence-electron chi connectivity index (χ2n) is 3.15. The van der Waals surface area contributed by atoms with Crippen molar-refractivity contribution in [1.29, 1.82) is 0 Å². The molecule has 1 nitrogen and oxygen atoms in total. The molecule has 0 unspecified atom stereocenters. The van der Waals surface area contributed by atoms with Crippen molar-refractivity contribution in [3.05, 3.63) is 33.5 Å². The molecule has 1 aromatic rings. The van der Waals surface area contributed by atoms with E-state index in [1.165, 1.54) is 4.88 Å². The van der Waals surface area contributed by atoms with Crippen molar-refractivity contribution in [2.24, 2.45) is 0 Å². The van der Waals surface area contributed by atoms with E-state index in [0.717, 1.165) is 29.5 Å². The predicted molar refractivity (Wildman–Crippen MR) is 50.8 cm³/mol. The number of Topliss-reactive ketones (excluding diaryl/α,β-unsaturated/α-hetero) is 1. The van der Waals surface area contributed by atoms with Crippen LogP contribution < -0.4 is 0 Å². The summed E-state index contributed by atoms with van der Waals surface area (Å²) < 4.78 is 0. The minimum Gasteiger partial charge on any atom is -0.289 e. The molecule has 0 N–H and O–H groups in total. The molecule has 1 aliphatic rings. The van der Waals surface area contributed by atoms with Gasteiger partial charge < -0.3 is 0 Å². The van der Waals surface area contributed by atoms with E-state index in [1.54, 1.807) is 11.3 Å². The summed E-state index contributed by atoms with van der Waals surface area (Å²) in [6, 6.07) is 0. The van der Waals surface area contributed by atoms with E-state index in [0.29, 0.717) is 0 Å². The molecule has 0 bridgehead atoms. The molecule has 2 rings (SSSR count). The van der Waals surface area contributed by atoms with Crippen LogP contribution in [0.2, 0.25) is 0 Å². The molecule has 0 saturated carbocycles. The van der Waals surface area contributed by atoms with Crippen LogP contribution in [0.5, 0.6) is 0 Å². The van der Waals surface area contributed by atoms with E-state index < -0.39 is 0 Å². The molecule has 0 amide bonds. The molecule has 0 fully saturated rings. The van der Waals surface area contributed by atoms with Crippen LogP contribution >= 0.6 is 11.3 Å². The molecule has 0 aromatic carbocycles. The fourth-order valence-corrected chi connectivity index (χ4v) is 2.57. The third-order valence-electron chi connectivity index (χ3n) is 2.25. The highest BCUT2D eigenvalue weighted by atomic mass is 32.1. The van der Waals surface area contributed by atoms with Gasteiger partial charge in [-0.1, -0.05) is 6.58 Å². The topological polar surface area (TPSA) is 17.1 Å². The minimum atomic E-state index is 0.162. The van der Waals surface area contributed by atoms with Crippen LogP contribution in [0.3, 0.4) is 0 Å². The van der Waals surface area contributed by atoms with Crippen molar-refractivity contribution in [2.45, 2.75) is 19.8 Å². The summed E-state index contributed by atoms with van der Waals surface area (Å²) in [5, 5.41) is 2.06. The van der Waals surface area contributed by atoms with Gasteiger partial charge in [0.2, 0.25) is 0 Å². The Morgan fingerprint density at radius 3 is 3.00 bits per heavy atom. The zero-order valence-corrected chi connectivity index (χ0v) is 7.83. The van der Waals surface area contributed by atoms with Crippen LogP contribution in [0.1, 0.15) is 27.2 Å². The highest BCUT2D eigenvalue weighted by molar-refractivity contribution is 7.10. The van der Waals surface area contributed by atoms with Crippen molar-refractivity contribution in [1.82, 2.24) is 0 Å². The summed E-state index contributed by atoms with van der Waals surface area (Å²) >= 11 is 1.70. The minimum absolute atomic E-state index is 0.162. The first-order chi connectivity index (χ1) is 5.70. The van der Waals surface area contributed by atoms with E-state index in [1.807, 2.05) is 6.92 Å². The number of hydrogen-bond acceptors (Lipinski definition) is 2. The van der Waals surface area contributed by atoms with Crippen LogP contribution in [0, 0.1) is 6.92 Å². The van der Waals surface area contributed by atoms with E-state index in [-0.39, 0.29) is 5.78 Å². The molecule has 0 spiro atoms. The molecule has 2 heteroatoms. The highest BCUT2D eigenvalue weighted by Crippen LogP contribution is 2.31. The normalized spacial score (nSPS) is 16.4. The van der Waals surface area contributed by atoms with Crippen molar-refractivity contribution < 1.29 is 4.79 Å². The number of ketones is 1. The zero-order chi connectivity index (χ0) is 8.72. The number of thiophene rings is 1. The molecule has 0 atom stereocenters. The van der Waals surface area contributed by atoms with Crippen molar-refractivity contribution >= 4 is 17.1 Å². The lowest BCUT2D eigenvalue weighted by Crippen LogP contribution is -2.11. The summed E-state index contributed by atoms with van der Waals surface area (Å²) in [6.45, 7) is 5.76. The molecule has 0 saturated heterocycles. The monoisotopic (exact) mass is 178 g/mol. The summed E-state index contributed by atoms with van der Waals surface area (Å²) in [5.74, 6) is 0.162. The van der Waals surface area contributed by atoms with Gasteiger partial charge in [0.1, 0.15) is 0 Å². The Balaban J connectivity index is 2.60. The second kappa shape index (κ2) is 2.56. The van der Waals surface area contributed by atoms with Crippen molar-refractivity contribution in [3.63, 3.8) is 0 Å². The Hall–Kier alpha value is -0.890. The molecular formula is C10H10OS. The van der Waals surface area contributed by atoms with Gasteiger partial charge in [-0.15, -0.1) is 11.3 Å². The van der Waals surface area contributed by atoms with E-state index >= 15 is 0 Å². The predicted octanol–water partition coefficient (Wildman–Crippen LogP) is 2.74. The lowest BCUT2D eigenvalue weighted by Gasteiger charge is -2.12. The second-order valence-corrected chi connectivity index (χ2v) is 4.11. The maximum absolute atomic E-state index is 11.6. The Kier molecular flexibility index (Phi) is 1.65. The smallest absolute Gasteiger partial charge is 0.189 e. The van der Waals surface area contributed by atoms with Gasteiger partial charge in [0, 0.05) is 10.4 Å². The Morgan fingerprint density at radius 1 is 1.50 bits per heavy atom. The molecule has 1 aromatic heterocycles. The molecule has 12 heavy (non-hydrogen) atoms. The summed E-state index contributed by atoms with van der Waals surface area (Å²) in [6.07, 6.45) is 1.84. The third kappa shape index (κ3) is 0.950. The number of fused-ring (bicyclic) bond motifs is 1. The van der Waals surface area contributed by atoms with E-state index in [4.69, 9.17) is 0 Å². The number of carbonyl (C=O) groups is 1. The Morgan fingerprint density at radius 2 is 2.25 bits per heavy atom. The highest BCUT2D eigenvalue weighted by Gasteiger charge is 2.23. The van der Waals surface area contributed by atoms with Crippen molar-refractivity contribution in [2.75, 3.05) is 0 Å². The number of carbonyl (C=O) groups excluding carboxylic acids is 1. The largest absolute Gasteiger partial charge is 0.289 e. The van der Waals surface area contributed by atoms with Gasteiger partial charge in [0.05, 0.1) is 0 Å². The summed E-state index contributed by atoms with van der Waals surface area (Å²) in [7, 11) is 0. The van der Waals surface area contributed by atoms with Gasteiger partial charge in [-0.25, -0.2) is 0 Å². The fourth-order valence-electron chi connectivity index (χ4n) is 1.54. The maximum atomic E-state index is 11.6. The third-order valence-corrected chi connectivity index (χ3v) is 3.42. The van der Waals surface area contributed by atoms with E-state index in [2.05, 4.69) is 12.0 Å². The first-order valence-electron chi connectivity index (χ1n) is 3.99. The number of aryl methyl sites for hydroxylation is 2. The van der Waals surface area contributed by atoms with Crippen LogP contribution in [0.4, 0.5) is 0 Å². The number of allylic oxidation sites excluding steroid dienone is 1. The molecule has 62 valence electrons. The first kappa shape index (κ1) is 7.74. The van der Waals surface area contributed by atoms with E-state index in [9.17, 15) is 4.79 Å². The Bertz CT molecular complexity index is 360. The SMILES string of the molecule is C=C1CCc2scc(C)c2C1=O. The molecule has 0 radical (unpaired) electrons. The lowest BCUT2D eigenvalue weighted by atomic mass is 9.91.